The number of hydrogen-bond acceptors (Lipinski definition) is 3. The van der Waals surface area contributed by atoms with E-state index in [4.69, 9.17) is 16.3 Å². The topological polar surface area (TPSA) is 58.6 Å². The minimum Gasteiger partial charge on any atom is -0.484 e. The molecule has 0 radical (unpaired) electrons. The van der Waals surface area contributed by atoms with Gasteiger partial charge in [-0.2, -0.15) is 0 Å². The molecule has 0 unspecified atom stereocenters. The highest BCUT2D eigenvalue weighted by atomic mass is 35.5. The lowest BCUT2D eigenvalue weighted by molar-refractivity contribution is -0.132. The predicted molar refractivity (Wildman–Crippen MR) is 94.5 cm³/mol. The number of carbonyl (C=O) groups is 2. The van der Waals surface area contributed by atoms with Crippen molar-refractivity contribution in [3.8, 4) is 5.75 Å². The van der Waals surface area contributed by atoms with Gasteiger partial charge in [0.15, 0.2) is 6.61 Å². The third kappa shape index (κ3) is 5.41. The number of carbonyl (C=O) groups excluding carboxylic acids is 2. The van der Waals surface area contributed by atoms with Crippen molar-refractivity contribution in [1.82, 2.24) is 10.2 Å². The lowest BCUT2D eigenvalue weighted by Crippen LogP contribution is -2.47. The van der Waals surface area contributed by atoms with Crippen LogP contribution in [0.3, 0.4) is 0 Å². The Kier molecular flexibility index (Phi) is 6.91. The number of amides is 2. The zero-order chi connectivity index (χ0) is 17.5. The Morgan fingerprint density at radius 3 is 2.62 bits per heavy atom. The number of nitrogens with one attached hydrogen (secondary N) is 1. The lowest BCUT2D eigenvalue weighted by Gasteiger charge is -2.32. The van der Waals surface area contributed by atoms with Gasteiger partial charge < -0.3 is 15.0 Å². The minimum atomic E-state index is -0.125. The van der Waals surface area contributed by atoms with E-state index in [1.165, 1.54) is 5.56 Å². The van der Waals surface area contributed by atoms with Crippen molar-refractivity contribution in [2.45, 2.75) is 39.2 Å². The zero-order valence-electron chi connectivity index (χ0n) is 14.3. The molecule has 132 valence electrons. The second kappa shape index (κ2) is 8.92. The molecule has 0 atom stereocenters. The number of piperidine rings is 1. The predicted octanol–water partition coefficient (Wildman–Crippen LogP) is 2.42. The maximum absolute atomic E-state index is 12.0. The van der Waals surface area contributed by atoms with Crippen LogP contribution in [-0.4, -0.2) is 48.3 Å². The van der Waals surface area contributed by atoms with Crippen LogP contribution in [0.2, 0.25) is 0 Å². The first kappa shape index (κ1) is 18.6. The molecule has 0 bridgehead atoms. The highest BCUT2D eigenvalue weighted by Gasteiger charge is 2.23. The first-order valence-corrected chi connectivity index (χ1v) is 8.86. The summed E-state index contributed by atoms with van der Waals surface area (Å²) < 4.78 is 5.60. The van der Waals surface area contributed by atoms with Gasteiger partial charge in [-0.05, 0) is 38.3 Å². The molecule has 1 aromatic carbocycles. The van der Waals surface area contributed by atoms with Gasteiger partial charge in [0.25, 0.3) is 5.91 Å². The van der Waals surface area contributed by atoms with Gasteiger partial charge in [0.2, 0.25) is 5.91 Å². The Labute approximate surface area is 148 Å². The number of likely N-dealkylation sites (tertiary alicyclic amines) is 1. The van der Waals surface area contributed by atoms with E-state index in [1.807, 2.05) is 36.9 Å². The second-order valence-electron chi connectivity index (χ2n) is 6.22. The van der Waals surface area contributed by atoms with E-state index >= 15 is 0 Å². The Balaban J connectivity index is 1.73. The van der Waals surface area contributed by atoms with Crippen molar-refractivity contribution in [3.63, 3.8) is 0 Å². The Morgan fingerprint density at radius 2 is 2.00 bits per heavy atom. The molecule has 1 N–H and O–H groups in total. The fourth-order valence-corrected chi connectivity index (χ4v) is 3.05. The van der Waals surface area contributed by atoms with Crippen molar-refractivity contribution in [1.29, 1.82) is 0 Å². The summed E-state index contributed by atoms with van der Waals surface area (Å²) in [5, 5.41) is 2.98. The molecule has 0 spiro atoms. The third-order valence-corrected chi connectivity index (χ3v) is 4.40. The molecule has 5 nitrogen and oxygen atoms in total. The fourth-order valence-electron chi connectivity index (χ4n) is 2.89. The van der Waals surface area contributed by atoms with E-state index in [-0.39, 0.29) is 24.5 Å². The summed E-state index contributed by atoms with van der Waals surface area (Å²) >= 11 is 5.60. The van der Waals surface area contributed by atoms with E-state index in [0.29, 0.717) is 25.4 Å². The van der Waals surface area contributed by atoms with Gasteiger partial charge in [0.1, 0.15) is 5.75 Å². The molecule has 24 heavy (non-hydrogen) atoms. The van der Waals surface area contributed by atoms with Gasteiger partial charge in [0.05, 0.1) is 0 Å². The summed E-state index contributed by atoms with van der Waals surface area (Å²) in [6.45, 7) is 5.33. The fraction of sp³-hybridized carbons (Fsp3) is 0.556. The summed E-state index contributed by atoms with van der Waals surface area (Å²) in [6, 6.07) is 5.98. The van der Waals surface area contributed by atoms with E-state index in [2.05, 4.69) is 5.32 Å². The average molecular weight is 353 g/mol. The van der Waals surface area contributed by atoms with Crippen molar-refractivity contribution in [2.75, 3.05) is 25.6 Å². The number of rotatable bonds is 6. The summed E-state index contributed by atoms with van der Waals surface area (Å²) in [4.78, 5) is 25.6. The van der Waals surface area contributed by atoms with Gasteiger partial charge in [-0.25, -0.2) is 0 Å². The number of ether oxygens (including phenoxy) is 1. The van der Waals surface area contributed by atoms with Crippen LogP contribution >= 0.6 is 11.6 Å². The maximum Gasteiger partial charge on any atom is 0.258 e. The molecule has 1 heterocycles. The Hall–Kier alpha value is -1.75. The van der Waals surface area contributed by atoms with Crippen molar-refractivity contribution in [3.05, 3.63) is 29.3 Å². The lowest BCUT2D eigenvalue weighted by atomic mass is 10.0. The van der Waals surface area contributed by atoms with Crippen LogP contribution in [0.4, 0.5) is 0 Å². The second-order valence-corrected chi connectivity index (χ2v) is 6.60. The minimum absolute atomic E-state index is 0.00922. The molecule has 0 saturated carbocycles. The van der Waals surface area contributed by atoms with Crippen LogP contribution in [0, 0.1) is 13.8 Å². The normalized spacial score (nSPS) is 15.2. The van der Waals surface area contributed by atoms with Crippen molar-refractivity contribution >= 4 is 23.4 Å². The highest BCUT2D eigenvalue weighted by Crippen LogP contribution is 2.18. The van der Waals surface area contributed by atoms with Gasteiger partial charge >= 0.3 is 0 Å². The van der Waals surface area contributed by atoms with Gasteiger partial charge in [-0.15, -0.1) is 11.6 Å². The number of alkyl halides is 1. The van der Waals surface area contributed by atoms with Crippen LogP contribution < -0.4 is 10.1 Å². The summed E-state index contributed by atoms with van der Waals surface area (Å²) in [6.07, 6.45) is 1.91. The molecule has 6 heteroatoms. The van der Waals surface area contributed by atoms with E-state index < -0.39 is 0 Å². The number of halogens is 1. The molecule has 0 aromatic heterocycles. The van der Waals surface area contributed by atoms with E-state index in [9.17, 15) is 9.59 Å². The number of hydrogen-bond donors (Lipinski definition) is 1. The van der Waals surface area contributed by atoms with Gasteiger partial charge in [-0.3, -0.25) is 9.59 Å². The summed E-state index contributed by atoms with van der Waals surface area (Å²) in [5.74, 6) is 1.05. The van der Waals surface area contributed by atoms with Crippen molar-refractivity contribution < 1.29 is 14.3 Å². The Bertz CT molecular complexity index is 584. The van der Waals surface area contributed by atoms with E-state index in [1.54, 1.807) is 0 Å². The SMILES string of the molecule is Cc1ccc(OCC(=O)NC2CCN(C(=O)CCCl)CC2)c(C)c1. The third-order valence-electron chi connectivity index (χ3n) is 4.21. The van der Waals surface area contributed by atoms with Crippen LogP contribution in [0.5, 0.6) is 5.75 Å². The Morgan fingerprint density at radius 1 is 1.29 bits per heavy atom. The maximum atomic E-state index is 12.0. The van der Waals surface area contributed by atoms with Crippen LogP contribution in [-0.2, 0) is 9.59 Å². The molecule has 1 fully saturated rings. The molecule has 1 aliphatic heterocycles. The van der Waals surface area contributed by atoms with E-state index in [0.717, 1.165) is 24.2 Å². The van der Waals surface area contributed by atoms with Crippen LogP contribution in [0.15, 0.2) is 18.2 Å². The monoisotopic (exact) mass is 352 g/mol. The molecular formula is C18H25ClN2O3. The zero-order valence-corrected chi connectivity index (χ0v) is 15.1. The average Bonchev–Trinajstić information content (AvgIpc) is 2.55. The molecule has 1 aromatic rings. The molecule has 1 saturated heterocycles. The standard InChI is InChI=1S/C18H25ClN2O3/c1-13-3-4-16(14(2)11-13)24-12-17(22)20-15-6-9-21(10-7-15)18(23)5-8-19/h3-4,11,15H,5-10,12H2,1-2H3,(H,20,22). The van der Waals surface area contributed by atoms with Crippen LogP contribution in [0.1, 0.15) is 30.4 Å². The number of aryl methyl sites for hydroxylation is 2. The first-order chi connectivity index (χ1) is 11.5. The quantitative estimate of drug-likeness (QED) is 0.800. The largest absolute Gasteiger partial charge is 0.484 e. The van der Waals surface area contributed by atoms with Crippen molar-refractivity contribution in [2.24, 2.45) is 0 Å². The summed E-state index contributed by atoms with van der Waals surface area (Å²) in [7, 11) is 0. The highest BCUT2D eigenvalue weighted by molar-refractivity contribution is 6.18. The van der Waals surface area contributed by atoms with Gasteiger partial charge in [-0.1, -0.05) is 17.7 Å². The number of nitrogens with zero attached hydrogens (tertiary/aromatic N) is 1. The molecular weight excluding hydrogens is 328 g/mol. The molecule has 2 rings (SSSR count). The molecule has 2 amide bonds. The van der Waals surface area contributed by atoms with Crippen LogP contribution in [0.25, 0.3) is 0 Å². The van der Waals surface area contributed by atoms with Gasteiger partial charge in [0, 0.05) is 31.4 Å². The molecule has 0 aliphatic carbocycles. The number of benzene rings is 1. The molecule has 1 aliphatic rings. The smallest absolute Gasteiger partial charge is 0.258 e. The first-order valence-electron chi connectivity index (χ1n) is 8.32. The summed E-state index contributed by atoms with van der Waals surface area (Å²) in [5.41, 5.74) is 2.19.